The van der Waals surface area contributed by atoms with Crippen molar-refractivity contribution in [2.24, 2.45) is 0 Å². The summed E-state index contributed by atoms with van der Waals surface area (Å²) in [6, 6.07) is 7.88. The highest BCUT2D eigenvalue weighted by atomic mass is 19.1. The molecule has 0 radical (unpaired) electrons. The molecule has 0 saturated heterocycles. The van der Waals surface area contributed by atoms with Gasteiger partial charge in [0.05, 0.1) is 6.61 Å². The zero-order valence-corrected chi connectivity index (χ0v) is 7.63. The molecule has 13 heavy (non-hydrogen) atoms. The molecular formula is C11H13FO. The lowest BCUT2D eigenvalue weighted by Crippen LogP contribution is -1.86. The molecule has 1 nitrogen and oxygen atoms in total. The molecule has 1 rings (SSSR count). The van der Waals surface area contributed by atoms with Gasteiger partial charge in [-0.05, 0) is 25.0 Å². The summed E-state index contributed by atoms with van der Waals surface area (Å²) >= 11 is 0. The zero-order valence-electron chi connectivity index (χ0n) is 7.63. The third-order valence-electron chi connectivity index (χ3n) is 1.79. The summed E-state index contributed by atoms with van der Waals surface area (Å²) in [5, 5.41) is 8.42. The molecule has 2 heteroatoms. The molecule has 0 unspecified atom stereocenters. The van der Waals surface area contributed by atoms with Gasteiger partial charge in [-0.15, -0.1) is 0 Å². The van der Waals surface area contributed by atoms with Crippen LogP contribution in [0.25, 0.3) is 0 Å². The van der Waals surface area contributed by atoms with Gasteiger partial charge in [0.2, 0.25) is 0 Å². The molecule has 0 fully saturated rings. The maximum absolute atomic E-state index is 12.5. The van der Waals surface area contributed by atoms with Gasteiger partial charge >= 0.3 is 0 Å². The van der Waals surface area contributed by atoms with Crippen LogP contribution < -0.4 is 0 Å². The Morgan fingerprint density at radius 3 is 2.92 bits per heavy atom. The lowest BCUT2D eigenvalue weighted by molar-refractivity contribution is 0.297. The quantitative estimate of drug-likeness (QED) is 0.757. The van der Waals surface area contributed by atoms with Gasteiger partial charge in [-0.2, -0.15) is 0 Å². The lowest BCUT2D eigenvalue weighted by Gasteiger charge is -1.98. The van der Waals surface area contributed by atoms with Gasteiger partial charge < -0.3 is 5.11 Å². The van der Waals surface area contributed by atoms with Crippen molar-refractivity contribution < 1.29 is 9.50 Å². The molecule has 0 amide bonds. The van der Waals surface area contributed by atoms with Gasteiger partial charge in [0.15, 0.2) is 0 Å². The fraction of sp³-hybridized carbons (Fsp3) is 0.273. The summed E-state index contributed by atoms with van der Waals surface area (Å²) in [4.78, 5) is 0. The second-order valence-corrected chi connectivity index (χ2v) is 3.00. The van der Waals surface area contributed by atoms with Crippen LogP contribution in [0.3, 0.4) is 0 Å². The van der Waals surface area contributed by atoms with Crippen LogP contribution in [0.5, 0.6) is 0 Å². The first-order chi connectivity index (χ1) is 6.22. The normalized spacial score (nSPS) is 11.8. The maximum Gasteiger partial charge on any atom is 0.122 e. The lowest BCUT2D eigenvalue weighted by atomic mass is 10.1. The van der Waals surface area contributed by atoms with Crippen molar-refractivity contribution in [3.05, 3.63) is 47.3 Å². The fourth-order valence-electron chi connectivity index (χ4n) is 1.13. The van der Waals surface area contributed by atoms with Crippen LogP contribution in [0.2, 0.25) is 0 Å². The van der Waals surface area contributed by atoms with E-state index in [9.17, 15) is 4.39 Å². The Kier molecular flexibility index (Phi) is 3.65. The summed E-state index contributed by atoms with van der Waals surface area (Å²) < 4.78 is 12.5. The number of halogens is 1. The number of allylic oxidation sites excluding steroid dienone is 1. The van der Waals surface area contributed by atoms with Crippen molar-refractivity contribution in [2.45, 2.75) is 13.3 Å². The van der Waals surface area contributed by atoms with E-state index in [-0.39, 0.29) is 0 Å². The topological polar surface area (TPSA) is 20.2 Å². The molecule has 0 aliphatic rings. The van der Waals surface area contributed by atoms with Gasteiger partial charge in [-0.3, -0.25) is 0 Å². The van der Waals surface area contributed by atoms with E-state index in [2.05, 4.69) is 0 Å². The third-order valence-corrected chi connectivity index (χ3v) is 1.79. The number of aliphatic hydroxyl groups excluding tert-OH is 1. The van der Waals surface area contributed by atoms with Crippen LogP contribution in [-0.4, -0.2) is 11.7 Å². The van der Waals surface area contributed by atoms with Gasteiger partial charge in [-0.25, -0.2) is 4.39 Å². The van der Waals surface area contributed by atoms with Crippen LogP contribution in [0.1, 0.15) is 11.1 Å². The van der Waals surface area contributed by atoms with Crippen molar-refractivity contribution in [3.8, 4) is 0 Å². The average Bonchev–Trinajstić information content (AvgIpc) is 2.14. The van der Waals surface area contributed by atoms with Gasteiger partial charge in [-0.1, -0.05) is 29.8 Å². The van der Waals surface area contributed by atoms with E-state index in [1.807, 2.05) is 31.2 Å². The molecule has 0 saturated carbocycles. The summed E-state index contributed by atoms with van der Waals surface area (Å²) in [7, 11) is 0. The van der Waals surface area contributed by atoms with Crippen molar-refractivity contribution >= 4 is 0 Å². The van der Waals surface area contributed by atoms with Crippen molar-refractivity contribution in [1.29, 1.82) is 0 Å². The minimum atomic E-state index is -0.508. The van der Waals surface area contributed by atoms with E-state index in [1.54, 1.807) is 0 Å². The molecule has 0 aliphatic carbocycles. The molecule has 0 aliphatic heterocycles. The molecular weight excluding hydrogens is 167 g/mol. The minimum absolute atomic E-state index is 0.471. The SMILES string of the molecule is Cc1cccc(C/C=C(/F)CO)c1. The summed E-state index contributed by atoms with van der Waals surface area (Å²) in [6.45, 7) is 1.49. The van der Waals surface area contributed by atoms with E-state index >= 15 is 0 Å². The molecule has 0 bridgehead atoms. The van der Waals surface area contributed by atoms with Crippen LogP contribution in [0.15, 0.2) is 36.2 Å². The molecule has 70 valence electrons. The second kappa shape index (κ2) is 4.77. The highest BCUT2D eigenvalue weighted by Crippen LogP contribution is 2.06. The Hall–Kier alpha value is -1.15. The van der Waals surface area contributed by atoms with Crippen LogP contribution in [-0.2, 0) is 6.42 Å². The Bertz CT molecular complexity index is 305. The largest absolute Gasteiger partial charge is 0.389 e. The van der Waals surface area contributed by atoms with Crippen molar-refractivity contribution in [3.63, 3.8) is 0 Å². The molecule has 1 aromatic rings. The Morgan fingerprint density at radius 1 is 1.54 bits per heavy atom. The summed E-state index contributed by atoms with van der Waals surface area (Å²) in [5.41, 5.74) is 2.22. The van der Waals surface area contributed by atoms with Gasteiger partial charge in [0, 0.05) is 0 Å². The smallest absolute Gasteiger partial charge is 0.122 e. The molecule has 0 aromatic heterocycles. The number of rotatable bonds is 3. The van der Waals surface area contributed by atoms with Gasteiger partial charge in [0.25, 0.3) is 0 Å². The minimum Gasteiger partial charge on any atom is -0.389 e. The summed E-state index contributed by atoms with van der Waals surface area (Å²) in [6.07, 6.45) is 1.93. The maximum atomic E-state index is 12.5. The van der Waals surface area contributed by atoms with E-state index < -0.39 is 12.4 Å². The Balaban J connectivity index is 2.64. The number of hydrogen-bond acceptors (Lipinski definition) is 1. The second-order valence-electron chi connectivity index (χ2n) is 3.00. The Morgan fingerprint density at radius 2 is 2.31 bits per heavy atom. The molecule has 0 atom stereocenters. The first kappa shape index (κ1) is 9.93. The summed E-state index contributed by atoms with van der Waals surface area (Å²) in [5.74, 6) is -0.471. The molecule has 1 aromatic carbocycles. The average molecular weight is 180 g/mol. The number of aryl methyl sites for hydroxylation is 1. The highest BCUT2D eigenvalue weighted by molar-refractivity contribution is 5.24. The van der Waals surface area contributed by atoms with E-state index in [4.69, 9.17) is 5.11 Å². The fourth-order valence-corrected chi connectivity index (χ4v) is 1.13. The number of hydrogen-bond donors (Lipinski definition) is 1. The van der Waals surface area contributed by atoms with Gasteiger partial charge in [0.1, 0.15) is 5.83 Å². The molecule has 0 spiro atoms. The first-order valence-corrected chi connectivity index (χ1v) is 4.23. The predicted molar refractivity (Wildman–Crippen MR) is 51.2 cm³/mol. The van der Waals surface area contributed by atoms with E-state index in [0.29, 0.717) is 6.42 Å². The number of benzene rings is 1. The number of aliphatic hydroxyl groups is 1. The van der Waals surface area contributed by atoms with Crippen LogP contribution >= 0.6 is 0 Å². The van der Waals surface area contributed by atoms with Crippen molar-refractivity contribution in [2.75, 3.05) is 6.61 Å². The third kappa shape index (κ3) is 3.38. The highest BCUT2D eigenvalue weighted by Gasteiger charge is 1.93. The van der Waals surface area contributed by atoms with E-state index in [0.717, 1.165) is 11.1 Å². The monoisotopic (exact) mass is 180 g/mol. The zero-order chi connectivity index (χ0) is 9.68. The van der Waals surface area contributed by atoms with Crippen LogP contribution in [0, 0.1) is 6.92 Å². The van der Waals surface area contributed by atoms with Crippen LogP contribution in [0.4, 0.5) is 4.39 Å². The Labute approximate surface area is 77.5 Å². The van der Waals surface area contributed by atoms with Crippen molar-refractivity contribution in [1.82, 2.24) is 0 Å². The van der Waals surface area contributed by atoms with E-state index in [1.165, 1.54) is 6.08 Å². The predicted octanol–water partition coefficient (Wildman–Crippen LogP) is 2.38. The molecule has 1 N–H and O–H groups in total. The first-order valence-electron chi connectivity index (χ1n) is 4.23. The standard InChI is InChI=1S/C11H13FO/c1-9-3-2-4-10(7-9)5-6-11(12)8-13/h2-4,6-7,13H,5,8H2,1H3/b11-6+. The molecule has 0 heterocycles.